The highest BCUT2D eigenvalue weighted by atomic mass is 35.5. The molecule has 23 heavy (non-hydrogen) atoms. The Labute approximate surface area is 147 Å². The molecule has 0 aliphatic rings. The zero-order valence-corrected chi connectivity index (χ0v) is 14.6. The Balaban J connectivity index is 1.75. The Hall–Kier alpha value is -1.23. The minimum atomic E-state index is 0.147. The zero-order chi connectivity index (χ0) is 16.5. The van der Waals surface area contributed by atoms with Gasteiger partial charge < -0.3 is 14.7 Å². The second-order valence-electron chi connectivity index (χ2n) is 5.37. The molecule has 0 amide bonds. The summed E-state index contributed by atoms with van der Waals surface area (Å²) < 4.78 is 5.78. The van der Waals surface area contributed by atoms with Crippen LogP contribution < -0.4 is 9.72 Å². The quantitative estimate of drug-likeness (QED) is 0.524. The smallest absolute Gasteiger partial charge is 0.364 e. The van der Waals surface area contributed by atoms with E-state index >= 15 is 0 Å². The summed E-state index contributed by atoms with van der Waals surface area (Å²) in [6.45, 7) is 3.40. The Morgan fingerprint density at radius 1 is 1.00 bits per heavy atom. The van der Waals surface area contributed by atoms with Crippen LogP contribution in [0.25, 0.3) is 10.9 Å². The zero-order valence-electron chi connectivity index (χ0n) is 13.1. The van der Waals surface area contributed by atoms with E-state index in [0.717, 1.165) is 49.1 Å². The maximum atomic E-state index is 9.49. The predicted molar refractivity (Wildman–Crippen MR) is 94.8 cm³/mol. The first-order chi connectivity index (χ1) is 11.2. The first-order valence-corrected chi connectivity index (χ1v) is 8.92. The lowest BCUT2D eigenvalue weighted by Gasteiger charge is -2.19. The fourth-order valence-electron chi connectivity index (χ4n) is 2.43. The Bertz CT molecular complexity index is 604. The van der Waals surface area contributed by atoms with E-state index in [0.29, 0.717) is 18.4 Å². The van der Waals surface area contributed by atoms with Gasteiger partial charge in [0.15, 0.2) is 0 Å². The van der Waals surface area contributed by atoms with Crippen LogP contribution in [0.2, 0.25) is 0 Å². The number of benzene rings is 1. The highest BCUT2D eigenvalue weighted by molar-refractivity contribution is 6.18. The van der Waals surface area contributed by atoms with E-state index < -0.39 is 0 Å². The fraction of sp³-hybridized carbons (Fsp3) is 0.471. The van der Waals surface area contributed by atoms with Crippen molar-refractivity contribution in [1.82, 2.24) is 4.90 Å². The predicted octanol–water partition coefficient (Wildman–Crippen LogP) is 3.30. The van der Waals surface area contributed by atoms with Crippen LogP contribution >= 0.6 is 23.2 Å². The molecule has 2 rings (SSSR count). The molecule has 6 heteroatoms. The van der Waals surface area contributed by atoms with Gasteiger partial charge in [-0.15, -0.1) is 23.2 Å². The van der Waals surface area contributed by atoms with Crippen LogP contribution in [0.1, 0.15) is 12.8 Å². The number of aromatic hydroxyl groups is 1. The number of nitrogens with one attached hydrogen (secondary N) is 1. The molecule has 0 unspecified atom stereocenters. The number of rotatable bonds is 10. The SMILES string of the molecule is Oc1ccc2ccc(OCCCCN(CCCl)CCCl)cc2[nH+]1. The summed E-state index contributed by atoms with van der Waals surface area (Å²) >= 11 is 11.6. The molecular formula is C17H23Cl2N2O2+. The van der Waals surface area contributed by atoms with E-state index in [1.54, 1.807) is 6.07 Å². The molecule has 0 atom stereocenters. The third kappa shape index (κ3) is 6.05. The molecule has 0 saturated carbocycles. The maximum Gasteiger partial charge on any atom is 0.364 e. The second-order valence-corrected chi connectivity index (χ2v) is 6.12. The van der Waals surface area contributed by atoms with Gasteiger partial charge in [-0.2, -0.15) is 4.98 Å². The highest BCUT2D eigenvalue weighted by Gasteiger charge is 2.06. The van der Waals surface area contributed by atoms with Crippen LogP contribution in [0.3, 0.4) is 0 Å². The minimum Gasteiger partial charge on any atom is -0.493 e. The van der Waals surface area contributed by atoms with Gasteiger partial charge in [-0.3, -0.25) is 0 Å². The van der Waals surface area contributed by atoms with E-state index in [-0.39, 0.29) is 5.88 Å². The van der Waals surface area contributed by atoms with E-state index in [4.69, 9.17) is 27.9 Å². The molecule has 1 aromatic heterocycles. The van der Waals surface area contributed by atoms with Gasteiger partial charge in [-0.1, -0.05) is 0 Å². The van der Waals surface area contributed by atoms with Crippen molar-refractivity contribution in [3.8, 4) is 11.6 Å². The number of hydrogen-bond acceptors (Lipinski definition) is 3. The number of aromatic amines is 1. The average molecular weight is 358 g/mol. The van der Waals surface area contributed by atoms with Gasteiger partial charge in [-0.05, 0) is 37.6 Å². The van der Waals surface area contributed by atoms with Gasteiger partial charge in [0.2, 0.25) is 5.52 Å². The van der Waals surface area contributed by atoms with Gasteiger partial charge in [0, 0.05) is 30.2 Å². The first-order valence-electron chi connectivity index (χ1n) is 7.85. The molecule has 0 fully saturated rings. The van der Waals surface area contributed by atoms with Crippen LogP contribution in [0.4, 0.5) is 0 Å². The topological polar surface area (TPSA) is 46.8 Å². The molecule has 0 spiro atoms. The number of halogens is 2. The lowest BCUT2D eigenvalue weighted by atomic mass is 10.2. The monoisotopic (exact) mass is 357 g/mol. The summed E-state index contributed by atoms with van der Waals surface area (Å²) in [5.41, 5.74) is 0.859. The number of hydrogen-bond donors (Lipinski definition) is 1. The largest absolute Gasteiger partial charge is 0.493 e. The molecule has 1 aromatic carbocycles. The van der Waals surface area contributed by atoms with Crippen LogP contribution in [0.5, 0.6) is 11.6 Å². The maximum absolute atomic E-state index is 9.49. The van der Waals surface area contributed by atoms with Crippen LogP contribution in [-0.4, -0.2) is 48.0 Å². The molecule has 4 nitrogen and oxygen atoms in total. The van der Waals surface area contributed by atoms with E-state index in [1.807, 2.05) is 24.3 Å². The summed E-state index contributed by atoms with van der Waals surface area (Å²) in [5.74, 6) is 2.22. The third-order valence-electron chi connectivity index (χ3n) is 3.65. The van der Waals surface area contributed by atoms with Gasteiger partial charge in [0.1, 0.15) is 5.75 Å². The molecule has 2 N–H and O–H groups in total. The molecule has 2 aromatic rings. The summed E-state index contributed by atoms with van der Waals surface area (Å²) in [4.78, 5) is 5.19. The average Bonchev–Trinajstić information content (AvgIpc) is 2.54. The number of aromatic nitrogens is 1. The molecule has 0 saturated heterocycles. The normalized spacial score (nSPS) is 11.3. The van der Waals surface area contributed by atoms with E-state index in [2.05, 4.69) is 9.88 Å². The van der Waals surface area contributed by atoms with Crippen molar-refractivity contribution in [1.29, 1.82) is 0 Å². The third-order valence-corrected chi connectivity index (χ3v) is 3.99. The molecule has 0 radical (unpaired) electrons. The van der Waals surface area contributed by atoms with Gasteiger partial charge in [0.25, 0.3) is 0 Å². The van der Waals surface area contributed by atoms with Crippen LogP contribution in [0, 0.1) is 0 Å². The van der Waals surface area contributed by atoms with E-state index in [1.165, 1.54) is 0 Å². The van der Waals surface area contributed by atoms with Gasteiger partial charge in [0.05, 0.1) is 18.7 Å². The lowest BCUT2D eigenvalue weighted by molar-refractivity contribution is -0.362. The highest BCUT2D eigenvalue weighted by Crippen LogP contribution is 2.19. The number of pyridine rings is 1. The summed E-state index contributed by atoms with van der Waals surface area (Å²) in [5, 5.41) is 10.5. The second kappa shape index (κ2) is 9.81. The van der Waals surface area contributed by atoms with Crippen molar-refractivity contribution in [3.05, 3.63) is 30.3 Å². The van der Waals surface area contributed by atoms with Crippen LogP contribution in [0.15, 0.2) is 30.3 Å². The van der Waals surface area contributed by atoms with Crippen molar-refractivity contribution in [2.75, 3.05) is 38.0 Å². The minimum absolute atomic E-state index is 0.147. The number of nitrogens with zero attached hydrogens (tertiary/aromatic N) is 1. The number of H-pyrrole nitrogens is 1. The summed E-state index contributed by atoms with van der Waals surface area (Å²) in [6, 6.07) is 9.33. The lowest BCUT2D eigenvalue weighted by Crippen LogP contribution is -2.29. The standard InChI is InChI=1S/C17H22Cl2N2O2/c18-7-10-21(11-8-19)9-1-2-12-23-15-5-3-14-4-6-17(22)20-16(14)13-15/h3-6,13H,1-2,7-12H2,(H,20,22)/p+1. The van der Waals surface area contributed by atoms with Gasteiger partial charge in [-0.25, -0.2) is 0 Å². The molecule has 126 valence electrons. The molecular weight excluding hydrogens is 335 g/mol. The fourth-order valence-corrected chi connectivity index (χ4v) is 2.91. The summed E-state index contributed by atoms with van der Waals surface area (Å²) in [6.07, 6.45) is 2.02. The summed E-state index contributed by atoms with van der Waals surface area (Å²) in [7, 11) is 0. The Morgan fingerprint density at radius 2 is 1.74 bits per heavy atom. The molecule has 0 bridgehead atoms. The Kier molecular flexibility index (Phi) is 7.72. The number of unbranched alkanes of at least 4 members (excludes halogenated alkanes) is 1. The van der Waals surface area contributed by atoms with E-state index in [9.17, 15) is 5.11 Å². The Morgan fingerprint density at radius 3 is 2.48 bits per heavy atom. The molecule has 0 aliphatic carbocycles. The molecule has 1 heterocycles. The van der Waals surface area contributed by atoms with Gasteiger partial charge >= 0.3 is 5.88 Å². The van der Waals surface area contributed by atoms with Crippen molar-refractivity contribution in [3.63, 3.8) is 0 Å². The van der Waals surface area contributed by atoms with Crippen molar-refractivity contribution < 1.29 is 14.8 Å². The number of ether oxygens (including phenoxy) is 1. The van der Waals surface area contributed by atoms with Crippen molar-refractivity contribution >= 4 is 34.1 Å². The first kappa shape index (κ1) is 18.1. The molecule has 0 aliphatic heterocycles. The van der Waals surface area contributed by atoms with Crippen LogP contribution in [-0.2, 0) is 0 Å². The van der Waals surface area contributed by atoms with Crippen molar-refractivity contribution in [2.45, 2.75) is 12.8 Å². The van der Waals surface area contributed by atoms with Crippen molar-refractivity contribution in [2.24, 2.45) is 0 Å². The number of alkyl halides is 2. The number of fused-ring (bicyclic) bond motifs is 1.